The topological polar surface area (TPSA) is 55.9 Å². The molecule has 0 saturated heterocycles. The summed E-state index contributed by atoms with van der Waals surface area (Å²) in [5.74, 6) is 0. The van der Waals surface area contributed by atoms with Gasteiger partial charge in [0.2, 0.25) is 0 Å². The summed E-state index contributed by atoms with van der Waals surface area (Å²) in [5, 5.41) is 13.3. The van der Waals surface area contributed by atoms with Crippen LogP contribution in [0.2, 0.25) is 0 Å². The molecule has 0 atom stereocenters. The molecule has 0 spiro atoms. The third kappa shape index (κ3) is 2.24. The summed E-state index contributed by atoms with van der Waals surface area (Å²) in [7, 11) is 1.90. The third-order valence-electron chi connectivity index (χ3n) is 2.34. The smallest absolute Gasteiger partial charge is 0.0948 e. The molecule has 1 N–H and O–H groups in total. The normalized spacial score (nSPS) is 10.8. The van der Waals surface area contributed by atoms with Crippen LogP contribution in [0.5, 0.6) is 0 Å². The van der Waals surface area contributed by atoms with E-state index in [1.807, 2.05) is 23.9 Å². The van der Waals surface area contributed by atoms with E-state index in [1.54, 1.807) is 17.2 Å². The Bertz CT molecular complexity index is 432. The molecule has 0 aliphatic heterocycles. The first kappa shape index (κ1) is 9.92. The second kappa shape index (κ2) is 4.27. The first-order valence-corrected chi connectivity index (χ1v) is 4.88. The number of aromatic nitrogens is 4. The van der Waals surface area contributed by atoms with E-state index in [9.17, 15) is 0 Å². The maximum Gasteiger partial charge on any atom is 0.0948 e. The summed E-state index contributed by atoms with van der Waals surface area (Å²) in [4.78, 5) is 3.99. The predicted molar refractivity (Wildman–Crippen MR) is 55.1 cm³/mol. The minimum Gasteiger partial charge on any atom is -0.390 e. The highest BCUT2D eigenvalue weighted by atomic mass is 16.3. The van der Waals surface area contributed by atoms with Crippen molar-refractivity contribution < 1.29 is 5.11 Å². The molecule has 0 saturated carbocycles. The van der Waals surface area contributed by atoms with E-state index >= 15 is 0 Å². The molecule has 2 heterocycles. The molecule has 0 aliphatic carbocycles. The molecular weight excluding hydrogens is 192 g/mol. The molecule has 80 valence electrons. The van der Waals surface area contributed by atoms with Crippen molar-refractivity contribution >= 4 is 0 Å². The Kier molecular flexibility index (Phi) is 2.82. The van der Waals surface area contributed by atoms with Gasteiger partial charge in [0.1, 0.15) is 0 Å². The minimum atomic E-state index is 0.0300. The summed E-state index contributed by atoms with van der Waals surface area (Å²) < 4.78 is 3.73. The number of aryl methyl sites for hydroxylation is 3. The van der Waals surface area contributed by atoms with Gasteiger partial charge in [-0.2, -0.15) is 5.10 Å². The van der Waals surface area contributed by atoms with Crippen LogP contribution in [0.3, 0.4) is 0 Å². The summed E-state index contributed by atoms with van der Waals surface area (Å²) in [6.45, 7) is 0.828. The quantitative estimate of drug-likeness (QED) is 0.785. The van der Waals surface area contributed by atoms with Gasteiger partial charge < -0.3 is 9.67 Å². The van der Waals surface area contributed by atoms with Crippen LogP contribution in [0.4, 0.5) is 0 Å². The fourth-order valence-corrected chi connectivity index (χ4v) is 1.51. The predicted octanol–water partition coefficient (Wildman–Crippen LogP) is 0.352. The van der Waals surface area contributed by atoms with Crippen LogP contribution in [-0.2, 0) is 26.6 Å². The molecule has 5 heteroatoms. The van der Waals surface area contributed by atoms with Crippen LogP contribution in [0.15, 0.2) is 24.8 Å². The van der Waals surface area contributed by atoms with E-state index in [0.717, 1.165) is 24.4 Å². The number of nitrogens with zero attached hydrogens (tertiary/aromatic N) is 4. The van der Waals surface area contributed by atoms with Crippen molar-refractivity contribution in [1.82, 2.24) is 19.3 Å². The molecule has 5 nitrogen and oxygen atoms in total. The fraction of sp³-hybridized carbons (Fsp3) is 0.400. The van der Waals surface area contributed by atoms with Gasteiger partial charge in [-0.1, -0.05) is 0 Å². The van der Waals surface area contributed by atoms with Gasteiger partial charge in [0.15, 0.2) is 0 Å². The molecule has 0 fully saturated rings. The number of aliphatic hydroxyl groups excluding tert-OH is 1. The van der Waals surface area contributed by atoms with Crippen LogP contribution < -0.4 is 0 Å². The van der Waals surface area contributed by atoms with Gasteiger partial charge >= 0.3 is 0 Å². The SMILES string of the molecule is Cn1ccc(CCn2cncc2CO)n1. The molecule has 0 amide bonds. The average Bonchev–Trinajstić information content (AvgIpc) is 2.83. The monoisotopic (exact) mass is 206 g/mol. The zero-order chi connectivity index (χ0) is 10.7. The average molecular weight is 206 g/mol. The maximum absolute atomic E-state index is 9.03. The van der Waals surface area contributed by atoms with Gasteiger partial charge in [-0.15, -0.1) is 0 Å². The number of aliphatic hydroxyl groups is 1. The first-order valence-electron chi connectivity index (χ1n) is 4.88. The molecule has 0 aliphatic rings. The minimum absolute atomic E-state index is 0.0300. The molecule has 0 aromatic carbocycles. The Morgan fingerprint density at radius 1 is 1.47 bits per heavy atom. The van der Waals surface area contributed by atoms with Crippen LogP contribution in [0.1, 0.15) is 11.4 Å². The summed E-state index contributed by atoms with van der Waals surface area (Å²) in [6, 6.07) is 2.00. The van der Waals surface area contributed by atoms with E-state index in [-0.39, 0.29) is 6.61 Å². The van der Waals surface area contributed by atoms with Crippen molar-refractivity contribution in [2.24, 2.45) is 7.05 Å². The van der Waals surface area contributed by atoms with Gasteiger partial charge in [0.05, 0.1) is 30.5 Å². The Morgan fingerprint density at radius 2 is 2.33 bits per heavy atom. The second-order valence-electron chi connectivity index (χ2n) is 3.47. The summed E-state index contributed by atoms with van der Waals surface area (Å²) >= 11 is 0. The highest BCUT2D eigenvalue weighted by Gasteiger charge is 2.02. The fourth-order valence-electron chi connectivity index (χ4n) is 1.51. The summed E-state index contributed by atoms with van der Waals surface area (Å²) in [5.41, 5.74) is 1.89. The largest absolute Gasteiger partial charge is 0.390 e. The second-order valence-corrected chi connectivity index (χ2v) is 3.47. The van der Waals surface area contributed by atoms with Crippen LogP contribution in [0, 0.1) is 0 Å². The third-order valence-corrected chi connectivity index (χ3v) is 2.34. The van der Waals surface area contributed by atoms with Crippen molar-refractivity contribution in [1.29, 1.82) is 0 Å². The molecule has 0 radical (unpaired) electrons. The zero-order valence-corrected chi connectivity index (χ0v) is 8.67. The highest BCUT2D eigenvalue weighted by molar-refractivity contribution is 5.01. The van der Waals surface area contributed by atoms with Gasteiger partial charge in [-0.25, -0.2) is 4.98 Å². The van der Waals surface area contributed by atoms with E-state index in [2.05, 4.69) is 10.1 Å². The molecule has 0 unspecified atom stereocenters. The number of hydrogen-bond donors (Lipinski definition) is 1. The van der Waals surface area contributed by atoms with E-state index in [0.29, 0.717) is 0 Å². The van der Waals surface area contributed by atoms with Crippen molar-refractivity contribution in [3.63, 3.8) is 0 Å². The molecule has 15 heavy (non-hydrogen) atoms. The lowest BCUT2D eigenvalue weighted by Gasteiger charge is -2.03. The molecule has 2 aromatic rings. The van der Waals surface area contributed by atoms with Gasteiger partial charge in [0.25, 0.3) is 0 Å². The summed E-state index contributed by atoms with van der Waals surface area (Å²) in [6.07, 6.45) is 6.19. The van der Waals surface area contributed by atoms with Crippen LogP contribution in [0.25, 0.3) is 0 Å². The Balaban J connectivity index is 1.98. The standard InChI is InChI=1S/C10H14N4O/c1-13-4-2-9(12-13)3-5-14-8-11-6-10(14)7-15/h2,4,6,8,15H,3,5,7H2,1H3. The number of imidazole rings is 1. The molecule has 2 rings (SSSR count). The van der Waals surface area contributed by atoms with E-state index < -0.39 is 0 Å². The lowest BCUT2D eigenvalue weighted by Crippen LogP contribution is -2.05. The Labute approximate surface area is 88.0 Å². The number of rotatable bonds is 4. The molecule has 2 aromatic heterocycles. The van der Waals surface area contributed by atoms with Crippen molar-refractivity contribution in [2.75, 3.05) is 0 Å². The zero-order valence-electron chi connectivity index (χ0n) is 8.67. The van der Waals surface area contributed by atoms with Crippen molar-refractivity contribution in [3.8, 4) is 0 Å². The van der Waals surface area contributed by atoms with Crippen LogP contribution >= 0.6 is 0 Å². The molecular formula is C10H14N4O. The maximum atomic E-state index is 9.03. The highest BCUT2D eigenvalue weighted by Crippen LogP contribution is 2.02. The Morgan fingerprint density at radius 3 is 3.00 bits per heavy atom. The number of hydrogen-bond acceptors (Lipinski definition) is 3. The van der Waals surface area contributed by atoms with Crippen molar-refractivity contribution in [3.05, 3.63) is 36.2 Å². The first-order chi connectivity index (χ1) is 7.29. The van der Waals surface area contributed by atoms with Crippen molar-refractivity contribution in [2.45, 2.75) is 19.6 Å². The lowest BCUT2D eigenvalue weighted by molar-refractivity contribution is 0.270. The van der Waals surface area contributed by atoms with Gasteiger partial charge in [-0.05, 0) is 6.07 Å². The Hall–Kier alpha value is -1.62. The molecule has 0 bridgehead atoms. The van der Waals surface area contributed by atoms with Gasteiger partial charge in [0, 0.05) is 26.2 Å². The van der Waals surface area contributed by atoms with Gasteiger partial charge in [-0.3, -0.25) is 4.68 Å². The van der Waals surface area contributed by atoms with E-state index in [4.69, 9.17) is 5.11 Å². The van der Waals surface area contributed by atoms with E-state index in [1.165, 1.54) is 0 Å². The lowest BCUT2D eigenvalue weighted by atomic mass is 10.3. The van der Waals surface area contributed by atoms with Crippen LogP contribution in [-0.4, -0.2) is 24.4 Å².